The molecule has 0 saturated carbocycles. The standard InChI is InChI=1S/C19H35N3O8/c1-18(2,3)29-14(23)8-7-12(17(28)30-19(4,5)6)22-10-13(16(26)27)21-9-11(20)15(24)25/h11-13,21-22H,7-10,20H2,1-6H3,(H,24,25)(H,26,27). The summed E-state index contributed by atoms with van der Waals surface area (Å²) in [6, 6.07) is -3.45. The first-order valence-corrected chi connectivity index (χ1v) is 9.64. The molecule has 11 nitrogen and oxygen atoms in total. The highest BCUT2D eigenvalue weighted by Crippen LogP contribution is 2.13. The zero-order valence-electron chi connectivity index (χ0n) is 18.5. The van der Waals surface area contributed by atoms with E-state index >= 15 is 0 Å². The monoisotopic (exact) mass is 433 g/mol. The van der Waals surface area contributed by atoms with E-state index in [0.29, 0.717) is 0 Å². The summed E-state index contributed by atoms with van der Waals surface area (Å²) >= 11 is 0. The number of ether oxygens (including phenoxy) is 2. The molecule has 6 N–H and O–H groups in total. The first kappa shape index (κ1) is 27.8. The minimum atomic E-state index is -1.28. The van der Waals surface area contributed by atoms with Crippen molar-refractivity contribution in [3.63, 3.8) is 0 Å². The Bertz CT molecular complexity index is 610. The van der Waals surface area contributed by atoms with Gasteiger partial charge in [0.05, 0.1) is 0 Å². The van der Waals surface area contributed by atoms with Crippen LogP contribution in [0.4, 0.5) is 0 Å². The molecular weight excluding hydrogens is 398 g/mol. The van der Waals surface area contributed by atoms with Crippen LogP contribution in [0.2, 0.25) is 0 Å². The summed E-state index contributed by atoms with van der Waals surface area (Å²) in [5.74, 6) is -3.67. The van der Waals surface area contributed by atoms with Crippen molar-refractivity contribution in [1.82, 2.24) is 10.6 Å². The van der Waals surface area contributed by atoms with Crippen LogP contribution in [0.3, 0.4) is 0 Å². The van der Waals surface area contributed by atoms with E-state index in [1.807, 2.05) is 0 Å². The number of esters is 2. The largest absolute Gasteiger partial charge is 0.480 e. The summed E-state index contributed by atoms with van der Waals surface area (Å²) in [5, 5.41) is 23.4. The van der Waals surface area contributed by atoms with Gasteiger partial charge in [0.25, 0.3) is 0 Å². The van der Waals surface area contributed by atoms with E-state index in [2.05, 4.69) is 10.6 Å². The molecule has 0 spiro atoms. The van der Waals surface area contributed by atoms with Crippen molar-refractivity contribution in [2.24, 2.45) is 5.73 Å². The Kier molecular flexibility index (Phi) is 10.9. The normalized spacial score (nSPS) is 15.0. The first-order valence-electron chi connectivity index (χ1n) is 9.64. The molecule has 0 aliphatic rings. The molecule has 0 saturated heterocycles. The predicted octanol–water partition coefficient (Wildman–Crippen LogP) is -0.137. The van der Waals surface area contributed by atoms with Gasteiger partial charge in [-0.15, -0.1) is 0 Å². The number of carbonyl (C=O) groups excluding carboxylic acids is 2. The van der Waals surface area contributed by atoms with Crippen LogP contribution in [0.15, 0.2) is 0 Å². The highest BCUT2D eigenvalue weighted by Gasteiger charge is 2.29. The third-order valence-electron chi connectivity index (χ3n) is 3.52. The van der Waals surface area contributed by atoms with E-state index in [4.69, 9.17) is 20.3 Å². The van der Waals surface area contributed by atoms with Gasteiger partial charge in [-0.25, -0.2) is 0 Å². The van der Waals surface area contributed by atoms with E-state index in [-0.39, 0.29) is 25.9 Å². The maximum absolute atomic E-state index is 12.5. The lowest BCUT2D eigenvalue weighted by molar-refractivity contribution is -0.159. The summed E-state index contributed by atoms with van der Waals surface area (Å²) in [7, 11) is 0. The summed E-state index contributed by atoms with van der Waals surface area (Å²) in [5.41, 5.74) is 3.92. The summed E-state index contributed by atoms with van der Waals surface area (Å²) in [4.78, 5) is 46.7. The van der Waals surface area contributed by atoms with Crippen LogP contribution in [-0.4, -0.2) is 76.5 Å². The van der Waals surface area contributed by atoms with Gasteiger partial charge in [0, 0.05) is 19.5 Å². The zero-order valence-corrected chi connectivity index (χ0v) is 18.5. The number of hydrogen-bond donors (Lipinski definition) is 5. The van der Waals surface area contributed by atoms with Crippen LogP contribution in [0.25, 0.3) is 0 Å². The number of nitrogens with two attached hydrogens (primary N) is 1. The molecule has 0 rings (SSSR count). The fourth-order valence-corrected chi connectivity index (χ4v) is 2.19. The minimum absolute atomic E-state index is 0.0325. The molecular formula is C19H35N3O8. The molecule has 0 fully saturated rings. The van der Waals surface area contributed by atoms with E-state index in [0.717, 1.165) is 0 Å². The Morgan fingerprint density at radius 2 is 1.33 bits per heavy atom. The molecule has 0 heterocycles. The van der Waals surface area contributed by atoms with Crippen molar-refractivity contribution in [1.29, 1.82) is 0 Å². The van der Waals surface area contributed by atoms with Crippen LogP contribution in [0.5, 0.6) is 0 Å². The van der Waals surface area contributed by atoms with Crippen molar-refractivity contribution >= 4 is 23.9 Å². The molecule has 0 aliphatic carbocycles. The van der Waals surface area contributed by atoms with Crippen LogP contribution in [-0.2, 0) is 28.7 Å². The maximum Gasteiger partial charge on any atom is 0.323 e. The first-order chi connectivity index (χ1) is 13.5. The average molecular weight is 434 g/mol. The Morgan fingerprint density at radius 1 is 0.833 bits per heavy atom. The molecule has 0 aromatic carbocycles. The molecule has 0 bridgehead atoms. The number of carbonyl (C=O) groups is 4. The maximum atomic E-state index is 12.5. The van der Waals surface area contributed by atoms with E-state index < -0.39 is 53.2 Å². The molecule has 0 amide bonds. The molecule has 174 valence electrons. The zero-order chi connectivity index (χ0) is 23.7. The quantitative estimate of drug-likeness (QED) is 0.259. The third-order valence-corrected chi connectivity index (χ3v) is 3.52. The fraction of sp³-hybridized carbons (Fsp3) is 0.789. The number of rotatable bonds is 12. The fourth-order valence-electron chi connectivity index (χ4n) is 2.19. The van der Waals surface area contributed by atoms with Gasteiger partial charge in [0.15, 0.2) is 0 Å². The molecule has 0 aromatic rings. The van der Waals surface area contributed by atoms with Gasteiger partial charge in [0.2, 0.25) is 0 Å². The van der Waals surface area contributed by atoms with Crippen molar-refractivity contribution in [2.45, 2.75) is 83.7 Å². The van der Waals surface area contributed by atoms with Gasteiger partial charge < -0.3 is 36.1 Å². The van der Waals surface area contributed by atoms with E-state index in [1.165, 1.54) is 0 Å². The van der Waals surface area contributed by atoms with Crippen molar-refractivity contribution in [2.75, 3.05) is 13.1 Å². The number of carboxylic acid groups (broad SMARTS) is 2. The van der Waals surface area contributed by atoms with Crippen molar-refractivity contribution < 1.29 is 38.9 Å². The lowest BCUT2D eigenvalue weighted by Gasteiger charge is -2.26. The SMILES string of the molecule is CC(C)(C)OC(=O)CCC(NCC(NCC(N)C(=O)O)C(=O)O)C(=O)OC(C)(C)C. The summed E-state index contributed by atoms with van der Waals surface area (Å²) in [6.45, 7) is 9.72. The Hall–Kier alpha value is -2.24. The molecule has 0 radical (unpaired) electrons. The highest BCUT2D eigenvalue weighted by molar-refractivity contribution is 5.78. The molecule has 11 heteroatoms. The Morgan fingerprint density at radius 3 is 1.77 bits per heavy atom. The minimum Gasteiger partial charge on any atom is -0.480 e. The van der Waals surface area contributed by atoms with Gasteiger partial charge in [0.1, 0.15) is 29.3 Å². The number of carboxylic acids is 2. The second-order valence-electron chi connectivity index (χ2n) is 8.86. The summed E-state index contributed by atoms with van der Waals surface area (Å²) < 4.78 is 10.6. The smallest absolute Gasteiger partial charge is 0.323 e. The topological polar surface area (TPSA) is 177 Å². The molecule has 3 atom stereocenters. The predicted molar refractivity (Wildman–Crippen MR) is 108 cm³/mol. The van der Waals surface area contributed by atoms with Crippen molar-refractivity contribution in [3.05, 3.63) is 0 Å². The molecule has 0 aromatic heterocycles. The Labute approximate surface area is 176 Å². The second kappa shape index (κ2) is 11.8. The van der Waals surface area contributed by atoms with Crippen LogP contribution in [0, 0.1) is 0 Å². The molecule has 30 heavy (non-hydrogen) atoms. The number of nitrogens with one attached hydrogen (secondary N) is 2. The van der Waals surface area contributed by atoms with Gasteiger partial charge >= 0.3 is 23.9 Å². The van der Waals surface area contributed by atoms with Gasteiger partial charge in [-0.2, -0.15) is 0 Å². The van der Waals surface area contributed by atoms with Gasteiger partial charge in [-0.1, -0.05) is 0 Å². The third kappa shape index (κ3) is 13.1. The Balaban J connectivity index is 5.07. The van der Waals surface area contributed by atoms with Gasteiger partial charge in [-0.3, -0.25) is 19.2 Å². The van der Waals surface area contributed by atoms with E-state index in [1.54, 1.807) is 41.5 Å². The van der Waals surface area contributed by atoms with Gasteiger partial charge in [-0.05, 0) is 48.0 Å². The van der Waals surface area contributed by atoms with Crippen LogP contribution >= 0.6 is 0 Å². The molecule has 3 unspecified atom stereocenters. The summed E-state index contributed by atoms with van der Waals surface area (Å²) in [6.07, 6.45) is -0.0476. The van der Waals surface area contributed by atoms with Crippen LogP contribution < -0.4 is 16.4 Å². The average Bonchev–Trinajstić information content (AvgIpc) is 2.52. The number of hydrogen-bond acceptors (Lipinski definition) is 9. The van der Waals surface area contributed by atoms with Crippen LogP contribution in [0.1, 0.15) is 54.4 Å². The second-order valence-corrected chi connectivity index (χ2v) is 8.86. The lowest BCUT2D eigenvalue weighted by Crippen LogP contribution is -2.53. The highest BCUT2D eigenvalue weighted by atomic mass is 16.6. The number of aliphatic carboxylic acids is 2. The van der Waals surface area contributed by atoms with Crippen molar-refractivity contribution in [3.8, 4) is 0 Å². The lowest BCUT2D eigenvalue weighted by atomic mass is 10.1. The molecule has 0 aliphatic heterocycles. The van der Waals surface area contributed by atoms with E-state index in [9.17, 15) is 24.3 Å².